The highest BCUT2D eigenvalue weighted by molar-refractivity contribution is 6.31. The number of nitrogens with one attached hydrogen (secondary N) is 1. The minimum Gasteiger partial charge on any atom is -0.481 e. The summed E-state index contributed by atoms with van der Waals surface area (Å²) in [5.74, 6) is -1.22. The van der Waals surface area contributed by atoms with E-state index < -0.39 is 5.97 Å². The fourth-order valence-electron chi connectivity index (χ4n) is 2.54. The van der Waals surface area contributed by atoms with Crippen molar-refractivity contribution in [3.63, 3.8) is 0 Å². The number of amides is 1. The van der Waals surface area contributed by atoms with Gasteiger partial charge in [0.05, 0.1) is 11.5 Å². The Hall–Kier alpha value is -1.75. The van der Waals surface area contributed by atoms with E-state index in [1.54, 1.807) is 23.1 Å². The second kappa shape index (κ2) is 6.80. The molecule has 0 radical (unpaired) electrons. The van der Waals surface area contributed by atoms with Crippen LogP contribution in [-0.4, -0.2) is 41.5 Å². The normalized spacial score (nSPS) is 15.8. The van der Waals surface area contributed by atoms with Crippen LogP contribution >= 0.6 is 11.6 Å². The standard InChI is InChI=1S/C15H19ClN2O3/c1-2-17-13-4-3-11(16)9-12(13)14(19)18-7-5-10(6-8-18)15(20)21/h3-4,9-10,17H,2,5-8H2,1H3,(H,20,21). The molecule has 0 aliphatic carbocycles. The Balaban J connectivity index is 2.13. The molecule has 1 saturated heterocycles. The maximum Gasteiger partial charge on any atom is 0.306 e. The molecule has 0 aromatic heterocycles. The smallest absolute Gasteiger partial charge is 0.306 e. The first-order valence-corrected chi connectivity index (χ1v) is 7.46. The van der Waals surface area contributed by atoms with Gasteiger partial charge in [0.1, 0.15) is 0 Å². The molecular weight excluding hydrogens is 292 g/mol. The maximum absolute atomic E-state index is 12.6. The molecule has 1 fully saturated rings. The van der Waals surface area contributed by atoms with Gasteiger partial charge in [-0.1, -0.05) is 11.6 Å². The lowest BCUT2D eigenvalue weighted by atomic mass is 9.96. The summed E-state index contributed by atoms with van der Waals surface area (Å²) in [6.07, 6.45) is 0.996. The first kappa shape index (κ1) is 15.6. The molecule has 1 aromatic carbocycles. The molecule has 0 bridgehead atoms. The molecular formula is C15H19ClN2O3. The number of anilines is 1. The summed E-state index contributed by atoms with van der Waals surface area (Å²) < 4.78 is 0. The number of halogens is 1. The third-order valence-corrected chi connectivity index (χ3v) is 3.95. The number of benzene rings is 1. The number of likely N-dealkylation sites (tertiary alicyclic amines) is 1. The number of carboxylic acid groups (broad SMARTS) is 1. The van der Waals surface area contributed by atoms with E-state index in [1.807, 2.05) is 6.92 Å². The molecule has 2 rings (SSSR count). The van der Waals surface area contributed by atoms with Crippen LogP contribution in [0.4, 0.5) is 5.69 Å². The van der Waals surface area contributed by atoms with E-state index in [9.17, 15) is 9.59 Å². The molecule has 1 aromatic rings. The van der Waals surface area contributed by atoms with Crippen LogP contribution in [0.3, 0.4) is 0 Å². The molecule has 5 nitrogen and oxygen atoms in total. The van der Waals surface area contributed by atoms with E-state index in [0.29, 0.717) is 43.1 Å². The molecule has 1 amide bonds. The van der Waals surface area contributed by atoms with E-state index in [1.165, 1.54) is 0 Å². The number of nitrogens with zero attached hydrogens (tertiary/aromatic N) is 1. The predicted octanol–water partition coefficient (Wildman–Crippen LogP) is 2.71. The van der Waals surface area contributed by atoms with Crippen molar-refractivity contribution in [2.75, 3.05) is 25.0 Å². The van der Waals surface area contributed by atoms with Crippen LogP contribution in [0.25, 0.3) is 0 Å². The van der Waals surface area contributed by atoms with Crippen molar-refractivity contribution in [3.05, 3.63) is 28.8 Å². The lowest BCUT2D eigenvalue weighted by molar-refractivity contribution is -0.143. The molecule has 2 N–H and O–H groups in total. The monoisotopic (exact) mass is 310 g/mol. The number of hydrogen-bond donors (Lipinski definition) is 2. The number of rotatable bonds is 4. The van der Waals surface area contributed by atoms with Crippen molar-refractivity contribution < 1.29 is 14.7 Å². The highest BCUT2D eigenvalue weighted by Gasteiger charge is 2.28. The van der Waals surface area contributed by atoms with Crippen LogP contribution in [0.5, 0.6) is 0 Å². The van der Waals surface area contributed by atoms with Gasteiger partial charge in [-0.05, 0) is 38.0 Å². The number of carbonyl (C=O) groups excluding carboxylic acids is 1. The average Bonchev–Trinajstić information content (AvgIpc) is 2.48. The van der Waals surface area contributed by atoms with Crippen LogP contribution in [0, 0.1) is 5.92 Å². The van der Waals surface area contributed by atoms with Gasteiger partial charge in [-0.15, -0.1) is 0 Å². The zero-order chi connectivity index (χ0) is 15.4. The summed E-state index contributed by atoms with van der Waals surface area (Å²) in [5.41, 5.74) is 1.30. The second-order valence-corrected chi connectivity index (χ2v) is 5.56. The highest BCUT2D eigenvalue weighted by atomic mass is 35.5. The Bertz CT molecular complexity index is 540. The molecule has 1 heterocycles. The van der Waals surface area contributed by atoms with Crippen LogP contribution in [0.1, 0.15) is 30.1 Å². The summed E-state index contributed by atoms with van der Waals surface area (Å²) >= 11 is 5.99. The number of carbonyl (C=O) groups is 2. The highest BCUT2D eigenvalue weighted by Crippen LogP contribution is 2.25. The van der Waals surface area contributed by atoms with E-state index in [0.717, 1.165) is 5.69 Å². The molecule has 0 spiro atoms. The predicted molar refractivity (Wildman–Crippen MR) is 81.9 cm³/mol. The van der Waals surface area contributed by atoms with Gasteiger partial charge in [-0.3, -0.25) is 9.59 Å². The Morgan fingerprint density at radius 3 is 2.62 bits per heavy atom. The zero-order valence-electron chi connectivity index (χ0n) is 11.9. The number of hydrogen-bond acceptors (Lipinski definition) is 3. The fourth-order valence-corrected chi connectivity index (χ4v) is 2.71. The van der Waals surface area contributed by atoms with Crippen molar-refractivity contribution in [2.24, 2.45) is 5.92 Å². The third kappa shape index (κ3) is 3.67. The molecule has 0 unspecified atom stereocenters. The largest absolute Gasteiger partial charge is 0.481 e. The number of carboxylic acids is 1. The molecule has 6 heteroatoms. The van der Waals surface area contributed by atoms with Gasteiger partial charge in [0.15, 0.2) is 0 Å². The maximum atomic E-state index is 12.6. The summed E-state index contributed by atoms with van der Waals surface area (Å²) in [6.45, 7) is 3.60. The Morgan fingerprint density at radius 2 is 2.05 bits per heavy atom. The molecule has 114 valence electrons. The van der Waals surface area contributed by atoms with E-state index >= 15 is 0 Å². The van der Waals surface area contributed by atoms with Crippen LogP contribution in [0.15, 0.2) is 18.2 Å². The first-order chi connectivity index (χ1) is 10.0. The summed E-state index contributed by atoms with van der Waals surface area (Å²) in [7, 11) is 0. The van der Waals surface area contributed by atoms with Crippen molar-refractivity contribution in [3.8, 4) is 0 Å². The lowest BCUT2D eigenvalue weighted by Crippen LogP contribution is -2.40. The topological polar surface area (TPSA) is 69.6 Å². The summed E-state index contributed by atoms with van der Waals surface area (Å²) in [6, 6.07) is 5.20. The Morgan fingerprint density at radius 1 is 1.38 bits per heavy atom. The quantitative estimate of drug-likeness (QED) is 0.897. The zero-order valence-corrected chi connectivity index (χ0v) is 12.7. The van der Waals surface area contributed by atoms with Gasteiger partial charge in [0.2, 0.25) is 0 Å². The van der Waals surface area contributed by atoms with Crippen LogP contribution < -0.4 is 5.32 Å². The molecule has 1 aliphatic heterocycles. The van der Waals surface area contributed by atoms with Crippen molar-refractivity contribution in [1.29, 1.82) is 0 Å². The summed E-state index contributed by atoms with van der Waals surface area (Å²) in [4.78, 5) is 25.3. The molecule has 0 saturated carbocycles. The average molecular weight is 311 g/mol. The van der Waals surface area contributed by atoms with Crippen molar-refractivity contribution >= 4 is 29.2 Å². The van der Waals surface area contributed by atoms with Crippen LogP contribution in [-0.2, 0) is 4.79 Å². The van der Waals surface area contributed by atoms with Gasteiger partial charge in [0.25, 0.3) is 5.91 Å². The first-order valence-electron chi connectivity index (χ1n) is 7.08. The van der Waals surface area contributed by atoms with Gasteiger partial charge in [-0.2, -0.15) is 0 Å². The summed E-state index contributed by atoms with van der Waals surface area (Å²) in [5, 5.41) is 12.7. The lowest BCUT2D eigenvalue weighted by Gasteiger charge is -2.30. The van der Waals surface area contributed by atoms with Gasteiger partial charge >= 0.3 is 5.97 Å². The fraction of sp³-hybridized carbons (Fsp3) is 0.467. The minimum absolute atomic E-state index is 0.0997. The van der Waals surface area contributed by atoms with Crippen LogP contribution in [0.2, 0.25) is 5.02 Å². The number of piperidine rings is 1. The van der Waals surface area contributed by atoms with Crippen molar-refractivity contribution in [1.82, 2.24) is 4.90 Å². The molecule has 21 heavy (non-hydrogen) atoms. The molecule has 0 atom stereocenters. The van der Waals surface area contributed by atoms with E-state index in [2.05, 4.69) is 5.32 Å². The van der Waals surface area contributed by atoms with Gasteiger partial charge in [0, 0.05) is 30.3 Å². The minimum atomic E-state index is -0.779. The second-order valence-electron chi connectivity index (χ2n) is 5.12. The Kier molecular flexibility index (Phi) is 5.07. The Labute approximate surface area is 128 Å². The van der Waals surface area contributed by atoms with E-state index in [-0.39, 0.29) is 11.8 Å². The van der Waals surface area contributed by atoms with Crippen molar-refractivity contribution in [2.45, 2.75) is 19.8 Å². The van der Waals surface area contributed by atoms with Gasteiger partial charge in [-0.25, -0.2) is 0 Å². The number of aliphatic carboxylic acids is 1. The SMILES string of the molecule is CCNc1ccc(Cl)cc1C(=O)N1CCC(C(=O)O)CC1. The third-order valence-electron chi connectivity index (χ3n) is 3.71. The van der Waals surface area contributed by atoms with E-state index in [4.69, 9.17) is 16.7 Å². The van der Waals surface area contributed by atoms with Gasteiger partial charge < -0.3 is 15.3 Å². The molecule has 1 aliphatic rings.